The molecule has 4 rings (SSSR count). The number of para-hydroxylation sites is 1. The van der Waals surface area contributed by atoms with Crippen LogP contribution in [0.15, 0.2) is 53.9 Å². The van der Waals surface area contributed by atoms with Crippen LogP contribution >= 0.6 is 11.3 Å². The van der Waals surface area contributed by atoms with Gasteiger partial charge >= 0.3 is 6.18 Å². The van der Waals surface area contributed by atoms with Crippen molar-refractivity contribution in [3.63, 3.8) is 0 Å². The number of aromatic hydroxyl groups is 1. The van der Waals surface area contributed by atoms with E-state index in [-0.39, 0.29) is 24.1 Å². The zero-order valence-electron chi connectivity index (χ0n) is 18.9. The van der Waals surface area contributed by atoms with Gasteiger partial charge in [-0.2, -0.15) is 13.2 Å². The SMILES string of the molecule is Cc1c(C(=O)Nc2ccccc2-c2ccc(O)cc2)csc1C1CCN(CCC(F)(F)F)CC1. The molecule has 0 aliphatic carbocycles. The van der Waals surface area contributed by atoms with Crippen molar-refractivity contribution in [1.29, 1.82) is 0 Å². The Bertz CT molecular complexity index is 1130. The van der Waals surface area contributed by atoms with E-state index in [4.69, 9.17) is 0 Å². The summed E-state index contributed by atoms with van der Waals surface area (Å²) in [4.78, 5) is 16.2. The molecule has 1 aliphatic heterocycles. The fourth-order valence-corrected chi connectivity index (χ4v) is 5.68. The van der Waals surface area contributed by atoms with Gasteiger partial charge in [0.1, 0.15) is 5.75 Å². The second-order valence-electron chi connectivity index (χ2n) is 8.67. The van der Waals surface area contributed by atoms with Crippen LogP contribution in [0.25, 0.3) is 11.1 Å². The first-order valence-corrected chi connectivity index (χ1v) is 12.2. The van der Waals surface area contributed by atoms with Crippen molar-refractivity contribution in [3.8, 4) is 16.9 Å². The summed E-state index contributed by atoms with van der Waals surface area (Å²) >= 11 is 1.56. The Labute approximate surface area is 201 Å². The van der Waals surface area contributed by atoms with Gasteiger partial charge in [0.2, 0.25) is 0 Å². The number of likely N-dealkylation sites (tertiary alicyclic amines) is 1. The van der Waals surface area contributed by atoms with Crippen molar-refractivity contribution in [3.05, 3.63) is 69.9 Å². The summed E-state index contributed by atoms with van der Waals surface area (Å²) in [7, 11) is 0. The molecule has 0 bridgehead atoms. The van der Waals surface area contributed by atoms with Gasteiger partial charge in [-0.1, -0.05) is 30.3 Å². The van der Waals surface area contributed by atoms with Gasteiger partial charge in [-0.25, -0.2) is 0 Å². The maximum Gasteiger partial charge on any atom is 0.390 e. The molecule has 34 heavy (non-hydrogen) atoms. The number of rotatable bonds is 6. The molecule has 2 N–H and O–H groups in total. The van der Waals surface area contributed by atoms with E-state index >= 15 is 0 Å². The normalized spacial score (nSPS) is 15.4. The Hall–Kier alpha value is -2.84. The molecule has 1 saturated heterocycles. The monoisotopic (exact) mass is 488 g/mol. The summed E-state index contributed by atoms with van der Waals surface area (Å²) in [6.45, 7) is 3.27. The predicted molar refractivity (Wildman–Crippen MR) is 130 cm³/mol. The smallest absolute Gasteiger partial charge is 0.390 e. The number of nitrogens with one attached hydrogen (secondary N) is 1. The topological polar surface area (TPSA) is 52.6 Å². The molecule has 3 aromatic rings. The Morgan fingerprint density at radius 1 is 1.12 bits per heavy atom. The first-order chi connectivity index (χ1) is 16.2. The predicted octanol–water partition coefficient (Wildman–Crippen LogP) is 6.81. The molecule has 4 nitrogen and oxygen atoms in total. The van der Waals surface area contributed by atoms with Crippen LogP contribution in [-0.2, 0) is 0 Å². The highest BCUT2D eigenvalue weighted by atomic mass is 32.1. The number of alkyl halides is 3. The Morgan fingerprint density at radius 2 is 1.79 bits per heavy atom. The third-order valence-electron chi connectivity index (χ3n) is 6.35. The number of carbonyl (C=O) groups excluding carboxylic acids is 1. The highest BCUT2D eigenvalue weighted by molar-refractivity contribution is 7.10. The van der Waals surface area contributed by atoms with Gasteiger partial charge in [0.25, 0.3) is 5.91 Å². The number of hydrogen-bond acceptors (Lipinski definition) is 4. The molecular formula is C26H27F3N2O2S. The molecule has 1 amide bonds. The van der Waals surface area contributed by atoms with E-state index in [1.165, 1.54) is 0 Å². The third-order valence-corrected chi connectivity index (χ3v) is 7.59. The van der Waals surface area contributed by atoms with E-state index in [0.717, 1.165) is 34.4 Å². The lowest BCUT2D eigenvalue weighted by Gasteiger charge is -2.32. The van der Waals surface area contributed by atoms with Crippen LogP contribution in [-0.4, -0.2) is 41.7 Å². The average molecular weight is 489 g/mol. The van der Waals surface area contributed by atoms with Crippen LogP contribution in [0.5, 0.6) is 5.75 Å². The minimum absolute atomic E-state index is 0.0493. The maximum absolute atomic E-state index is 13.1. The largest absolute Gasteiger partial charge is 0.508 e. The van der Waals surface area contributed by atoms with Gasteiger partial charge in [-0.3, -0.25) is 4.79 Å². The number of phenolic OH excluding ortho intramolecular Hbond substituents is 1. The zero-order valence-corrected chi connectivity index (χ0v) is 19.7. The molecule has 0 spiro atoms. The molecule has 2 heterocycles. The number of thiophene rings is 1. The molecule has 180 valence electrons. The Balaban J connectivity index is 1.43. The minimum atomic E-state index is -4.12. The van der Waals surface area contributed by atoms with Crippen molar-refractivity contribution < 1.29 is 23.1 Å². The summed E-state index contributed by atoms with van der Waals surface area (Å²) in [6, 6.07) is 14.3. The van der Waals surface area contributed by atoms with Crippen molar-refractivity contribution >= 4 is 22.9 Å². The van der Waals surface area contributed by atoms with E-state index in [0.29, 0.717) is 24.3 Å². The molecule has 0 atom stereocenters. The third kappa shape index (κ3) is 5.80. The quantitative estimate of drug-likeness (QED) is 0.401. The summed E-state index contributed by atoms with van der Waals surface area (Å²) in [5.41, 5.74) is 3.99. The van der Waals surface area contributed by atoms with Crippen LogP contribution in [0.1, 0.15) is 46.0 Å². The van der Waals surface area contributed by atoms with Crippen LogP contribution < -0.4 is 5.32 Å². The molecule has 2 aromatic carbocycles. The van der Waals surface area contributed by atoms with E-state index in [1.54, 1.807) is 35.6 Å². The number of carbonyl (C=O) groups is 1. The first kappa shape index (κ1) is 24.3. The van der Waals surface area contributed by atoms with Crippen LogP contribution in [0.2, 0.25) is 0 Å². The van der Waals surface area contributed by atoms with Crippen molar-refractivity contribution in [2.24, 2.45) is 0 Å². The maximum atomic E-state index is 13.1. The van der Waals surface area contributed by atoms with Crippen molar-refractivity contribution in [2.75, 3.05) is 25.0 Å². The lowest BCUT2D eigenvalue weighted by Crippen LogP contribution is -2.35. The zero-order chi connectivity index (χ0) is 24.3. The van der Waals surface area contributed by atoms with Gasteiger partial charge in [0.15, 0.2) is 0 Å². The highest BCUT2D eigenvalue weighted by Crippen LogP contribution is 2.37. The van der Waals surface area contributed by atoms with Crippen LogP contribution in [0, 0.1) is 6.92 Å². The fraction of sp³-hybridized carbons (Fsp3) is 0.346. The Kier molecular flexibility index (Phi) is 7.28. The molecule has 0 radical (unpaired) electrons. The van der Waals surface area contributed by atoms with E-state index in [2.05, 4.69) is 5.32 Å². The number of piperidine rings is 1. The van der Waals surface area contributed by atoms with E-state index in [1.807, 2.05) is 41.5 Å². The van der Waals surface area contributed by atoms with Gasteiger partial charge in [-0.05, 0) is 68.1 Å². The lowest BCUT2D eigenvalue weighted by atomic mass is 9.92. The fourth-order valence-electron chi connectivity index (χ4n) is 4.44. The Morgan fingerprint density at radius 3 is 2.47 bits per heavy atom. The second kappa shape index (κ2) is 10.2. The van der Waals surface area contributed by atoms with E-state index < -0.39 is 12.6 Å². The number of amides is 1. The summed E-state index contributed by atoms with van der Waals surface area (Å²) in [5.74, 6) is 0.254. The van der Waals surface area contributed by atoms with E-state index in [9.17, 15) is 23.1 Å². The number of nitrogens with zero attached hydrogens (tertiary/aromatic N) is 1. The van der Waals surface area contributed by atoms with Crippen molar-refractivity contribution in [2.45, 2.75) is 38.3 Å². The highest BCUT2D eigenvalue weighted by Gasteiger charge is 2.30. The number of benzene rings is 2. The van der Waals surface area contributed by atoms with Gasteiger partial charge < -0.3 is 15.3 Å². The average Bonchev–Trinajstić information content (AvgIpc) is 3.20. The minimum Gasteiger partial charge on any atom is -0.508 e. The van der Waals surface area contributed by atoms with Crippen LogP contribution in [0.3, 0.4) is 0 Å². The number of halogens is 3. The molecule has 1 aromatic heterocycles. The molecular weight excluding hydrogens is 461 g/mol. The van der Waals surface area contributed by atoms with Crippen LogP contribution in [0.4, 0.5) is 18.9 Å². The summed E-state index contributed by atoms with van der Waals surface area (Å²) in [5, 5.41) is 14.5. The molecule has 8 heteroatoms. The lowest BCUT2D eigenvalue weighted by molar-refractivity contribution is -0.138. The standard InChI is InChI=1S/C26H27F3N2O2S/c1-17-22(16-34-24(17)19-10-13-31(14-11-19)15-12-26(27,28)29)25(33)30-23-5-3-2-4-21(23)18-6-8-20(32)9-7-18/h2-9,16,19,32H,10-15H2,1H3,(H,30,33). The van der Waals surface area contributed by atoms with Gasteiger partial charge in [-0.15, -0.1) is 11.3 Å². The van der Waals surface area contributed by atoms with Crippen molar-refractivity contribution in [1.82, 2.24) is 4.90 Å². The molecule has 0 unspecified atom stereocenters. The summed E-state index contributed by atoms with van der Waals surface area (Å²) in [6.07, 6.45) is -3.30. The van der Waals surface area contributed by atoms with Gasteiger partial charge in [0, 0.05) is 28.1 Å². The number of anilines is 1. The number of hydrogen-bond donors (Lipinski definition) is 2. The van der Waals surface area contributed by atoms with Gasteiger partial charge in [0.05, 0.1) is 12.0 Å². The first-order valence-electron chi connectivity index (χ1n) is 11.3. The molecule has 1 aliphatic rings. The second-order valence-corrected chi connectivity index (χ2v) is 9.58. The number of phenols is 1. The molecule has 1 fully saturated rings. The summed E-state index contributed by atoms with van der Waals surface area (Å²) < 4.78 is 37.5. The molecule has 0 saturated carbocycles.